The van der Waals surface area contributed by atoms with Crippen LogP contribution in [0.25, 0.3) is 11.1 Å². The van der Waals surface area contributed by atoms with E-state index in [9.17, 15) is 12.8 Å². The lowest BCUT2D eigenvalue weighted by atomic mass is 9.75. The maximum atomic E-state index is 13.1. The molecule has 0 spiro atoms. The molecule has 3 atom stereocenters. The van der Waals surface area contributed by atoms with Crippen molar-refractivity contribution in [2.75, 3.05) is 13.1 Å². The number of halogens is 1. The molecule has 3 fully saturated rings. The maximum Gasteiger partial charge on any atom is 0.243 e. The lowest BCUT2D eigenvalue weighted by Gasteiger charge is -2.54. The Kier molecular flexibility index (Phi) is 4.50. The highest BCUT2D eigenvalue weighted by atomic mass is 32.2. The van der Waals surface area contributed by atoms with Crippen LogP contribution in [0.2, 0.25) is 0 Å². The van der Waals surface area contributed by atoms with Crippen molar-refractivity contribution in [3.05, 3.63) is 90.2 Å². The van der Waals surface area contributed by atoms with Crippen LogP contribution in [0.1, 0.15) is 11.5 Å². The van der Waals surface area contributed by atoms with Gasteiger partial charge in [-0.25, -0.2) is 12.8 Å². The fourth-order valence-corrected chi connectivity index (χ4v) is 5.95. The first kappa shape index (κ1) is 18.5. The second-order valence-corrected chi connectivity index (χ2v) is 9.61. The molecule has 3 saturated heterocycles. The van der Waals surface area contributed by atoms with Crippen molar-refractivity contribution in [2.24, 2.45) is 0 Å². The fourth-order valence-electron chi connectivity index (χ4n) is 4.43. The van der Waals surface area contributed by atoms with Gasteiger partial charge in [-0.1, -0.05) is 54.6 Å². The summed E-state index contributed by atoms with van der Waals surface area (Å²) in [6, 6.07) is 23.6. The first-order valence-corrected chi connectivity index (χ1v) is 11.1. The monoisotopic (exact) mass is 408 g/mol. The Morgan fingerprint density at radius 3 is 1.93 bits per heavy atom. The summed E-state index contributed by atoms with van der Waals surface area (Å²) in [5, 5.41) is 3.49. The van der Waals surface area contributed by atoms with Crippen LogP contribution >= 0.6 is 0 Å². The molecule has 3 aliphatic heterocycles. The molecule has 6 heteroatoms. The summed E-state index contributed by atoms with van der Waals surface area (Å²) in [6.45, 7) is 0.941. The van der Waals surface area contributed by atoms with Crippen LogP contribution in [0.15, 0.2) is 83.8 Å². The predicted octanol–water partition coefficient (Wildman–Crippen LogP) is 3.62. The normalized spacial score (nSPS) is 24.1. The molecule has 3 aromatic rings. The second kappa shape index (κ2) is 7.06. The van der Waals surface area contributed by atoms with E-state index >= 15 is 0 Å². The Morgan fingerprint density at radius 2 is 1.34 bits per heavy atom. The zero-order valence-corrected chi connectivity index (χ0v) is 16.5. The minimum absolute atomic E-state index is 0.115. The van der Waals surface area contributed by atoms with E-state index in [1.807, 2.05) is 6.07 Å². The molecule has 3 aromatic carbocycles. The molecule has 0 aliphatic carbocycles. The van der Waals surface area contributed by atoms with Crippen LogP contribution in [0.3, 0.4) is 0 Å². The van der Waals surface area contributed by atoms with Gasteiger partial charge >= 0.3 is 0 Å². The molecule has 3 heterocycles. The van der Waals surface area contributed by atoms with E-state index in [1.165, 1.54) is 17.7 Å². The van der Waals surface area contributed by atoms with E-state index in [4.69, 9.17) is 0 Å². The Labute approximate surface area is 170 Å². The Hall–Kier alpha value is -2.54. The molecule has 3 aliphatic rings. The molecular weight excluding hydrogens is 387 g/mol. The number of piperazine rings is 1. The summed E-state index contributed by atoms with van der Waals surface area (Å²) in [4.78, 5) is 0.349. The third-order valence-corrected chi connectivity index (χ3v) is 7.80. The summed E-state index contributed by atoms with van der Waals surface area (Å²) < 4.78 is 40.5. The lowest BCUT2D eigenvalue weighted by molar-refractivity contribution is 0.102. The van der Waals surface area contributed by atoms with Crippen LogP contribution in [-0.4, -0.2) is 37.9 Å². The Balaban J connectivity index is 1.32. The number of fused-ring (bicyclic) bond motifs is 2. The molecule has 0 aromatic heterocycles. The van der Waals surface area contributed by atoms with Crippen molar-refractivity contribution >= 4 is 10.0 Å². The number of hydrogen-bond acceptors (Lipinski definition) is 3. The summed E-state index contributed by atoms with van der Waals surface area (Å²) in [7, 11) is -3.45. The molecule has 0 amide bonds. The zero-order valence-electron chi connectivity index (χ0n) is 15.7. The van der Waals surface area contributed by atoms with Crippen molar-refractivity contribution in [3.8, 4) is 11.1 Å². The SMILES string of the molecule is O=S(=O)(c1ccccc1)N1C[C@@H]2N[C@H](C1)C2c1ccc(-c2ccc(F)cc2)cc1. The van der Waals surface area contributed by atoms with E-state index in [-0.39, 0.29) is 17.9 Å². The zero-order chi connectivity index (χ0) is 20.0. The number of sulfonamides is 1. The first-order valence-electron chi connectivity index (χ1n) is 9.69. The number of nitrogens with zero attached hydrogens (tertiary/aromatic N) is 1. The largest absolute Gasteiger partial charge is 0.307 e. The minimum atomic E-state index is -3.45. The molecule has 148 valence electrons. The van der Waals surface area contributed by atoms with Gasteiger partial charge in [0, 0.05) is 31.1 Å². The van der Waals surface area contributed by atoms with Crippen LogP contribution in [-0.2, 0) is 10.0 Å². The number of piperidine rings is 1. The lowest BCUT2D eigenvalue weighted by Crippen LogP contribution is -2.72. The molecule has 0 radical (unpaired) electrons. The average molecular weight is 408 g/mol. The first-order chi connectivity index (χ1) is 14.0. The van der Waals surface area contributed by atoms with Gasteiger partial charge in [-0.05, 0) is 41.0 Å². The quantitative estimate of drug-likeness (QED) is 0.717. The van der Waals surface area contributed by atoms with Crippen LogP contribution in [0, 0.1) is 5.82 Å². The van der Waals surface area contributed by atoms with Gasteiger partial charge in [0.15, 0.2) is 0 Å². The minimum Gasteiger partial charge on any atom is -0.307 e. The number of rotatable bonds is 4. The van der Waals surface area contributed by atoms with E-state index < -0.39 is 10.0 Å². The molecule has 4 nitrogen and oxygen atoms in total. The third kappa shape index (κ3) is 3.27. The molecule has 29 heavy (non-hydrogen) atoms. The van der Waals surface area contributed by atoms with E-state index in [2.05, 4.69) is 29.6 Å². The van der Waals surface area contributed by atoms with Gasteiger partial charge in [0.2, 0.25) is 10.0 Å². The highest BCUT2D eigenvalue weighted by Gasteiger charge is 2.49. The van der Waals surface area contributed by atoms with E-state index in [0.29, 0.717) is 23.9 Å². The van der Waals surface area contributed by atoms with E-state index in [0.717, 1.165) is 11.1 Å². The smallest absolute Gasteiger partial charge is 0.243 e. The highest BCUT2D eigenvalue weighted by Crippen LogP contribution is 2.39. The van der Waals surface area contributed by atoms with Crippen molar-refractivity contribution < 1.29 is 12.8 Å². The molecule has 1 unspecified atom stereocenters. The summed E-state index contributed by atoms with van der Waals surface area (Å²) in [5.41, 5.74) is 3.23. The Bertz CT molecular complexity index is 1100. The molecule has 0 saturated carbocycles. The van der Waals surface area contributed by atoms with Crippen molar-refractivity contribution in [3.63, 3.8) is 0 Å². The summed E-state index contributed by atoms with van der Waals surface area (Å²) >= 11 is 0. The Morgan fingerprint density at radius 1 is 0.793 bits per heavy atom. The van der Waals surface area contributed by atoms with Gasteiger partial charge in [0.25, 0.3) is 0 Å². The van der Waals surface area contributed by atoms with Gasteiger partial charge in [0.1, 0.15) is 5.82 Å². The second-order valence-electron chi connectivity index (χ2n) is 7.67. The number of benzene rings is 3. The summed E-state index contributed by atoms with van der Waals surface area (Å²) in [6.07, 6.45) is 0. The molecule has 6 rings (SSSR count). The average Bonchev–Trinajstić information content (AvgIpc) is 2.75. The maximum absolute atomic E-state index is 13.1. The van der Waals surface area contributed by atoms with Gasteiger partial charge in [-0.15, -0.1) is 0 Å². The molecular formula is C23H21FN2O2S. The topological polar surface area (TPSA) is 49.4 Å². The summed E-state index contributed by atoms with van der Waals surface area (Å²) in [5.74, 6) is 0.0632. The van der Waals surface area contributed by atoms with Crippen LogP contribution in [0.5, 0.6) is 0 Å². The molecule has 1 N–H and O–H groups in total. The number of nitrogens with one attached hydrogen (secondary N) is 1. The van der Waals surface area contributed by atoms with Gasteiger partial charge in [0.05, 0.1) is 4.90 Å². The third-order valence-electron chi connectivity index (χ3n) is 5.95. The van der Waals surface area contributed by atoms with Crippen molar-refractivity contribution in [1.82, 2.24) is 9.62 Å². The van der Waals surface area contributed by atoms with Gasteiger partial charge in [-0.3, -0.25) is 0 Å². The van der Waals surface area contributed by atoms with Gasteiger partial charge < -0.3 is 5.32 Å². The van der Waals surface area contributed by atoms with Crippen molar-refractivity contribution in [2.45, 2.75) is 22.9 Å². The molecule has 2 bridgehead atoms. The van der Waals surface area contributed by atoms with Crippen molar-refractivity contribution in [1.29, 1.82) is 0 Å². The highest BCUT2D eigenvalue weighted by molar-refractivity contribution is 7.89. The van der Waals surface area contributed by atoms with Gasteiger partial charge in [-0.2, -0.15) is 4.31 Å². The fraction of sp³-hybridized carbons (Fsp3) is 0.217. The van der Waals surface area contributed by atoms with Crippen LogP contribution in [0.4, 0.5) is 4.39 Å². The predicted molar refractivity (Wildman–Crippen MR) is 110 cm³/mol. The van der Waals surface area contributed by atoms with Crippen LogP contribution < -0.4 is 5.32 Å². The standard InChI is InChI=1S/C23H21FN2O2S/c24-19-12-10-17(11-13-19)16-6-8-18(9-7-16)23-21-14-26(15-22(23)25-21)29(27,28)20-4-2-1-3-5-20/h1-13,21-23,25H,14-15H2/t21-,22+,23?. The van der Waals surface area contributed by atoms with E-state index in [1.54, 1.807) is 40.7 Å². The number of hydrogen-bond donors (Lipinski definition) is 1.